The SMILES string of the molecule is O=C1CC2(CCCC2)Nc2c(cnc3ccccc23)N1. The summed E-state index contributed by atoms with van der Waals surface area (Å²) in [4.78, 5) is 16.6. The van der Waals surface area contributed by atoms with Gasteiger partial charge in [-0.05, 0) is 18.9 Å². The molecular weight excluding hydrogens is 250 g/mol. The third-order valence-electron chi connectivity index (χ3n) is 4.50. The van der Waals surface area contributed by atoms with Crippen LogP contribution in [-0.4, -0.2) is 16.4 Å². The summed E-state index contributed by atoms with van der Waals surface area (Å²) >= 11 is 0. The molecule has 2 heterocycles. The molecule has 1 aliphatic carbocycles. The van der Waals surface area contributed by atoms with Gasteiger partial charge in [0.2, 0.25) is 5.91 Å². The summed E-state index contributed by atoms with van der Waals surface area (Å²) in [6, 6.07) is 8.07. The van der Waals surface area contributed by atoms with Crippen LogP contribution < -0.4 is 10.6 Å². The summed E-state index contributed by atoms with van der Waals surface area (Å²) < 4.78 is 0. The van der Waals surface area contributed by atoms with Gasteiger partial charge >= 0.3 is 0 Å². The Balaban J connectivity index is 1.92. The second-order valence-corrected chi connectivity index (χ2v) is 5.90. The number of carbonyl (C=O) groups excluding carboxylic acids is 1. The van der Waals surface area contributed by atoms with Crippen molar-refractivity contribution in [2.24, 2.45) is 0 Å². The van der Waals surface area contributed by atoms with E-state index in [4.69, 9.17) is 0 Å². The van der Waals surface area contributed by atoms with Gasteiger partial charge in [0.1, 0.15) is 0 Å². The molecule has 1 fully saturated rings. The maximum atomic E-state index is 12.2. The number of carbonyl (C=O) groups is 1. The molecule has 0 unspecified atom stereocenters. The van der Waals surface area contributed by atoms with Gasteiger partial charge in [-0.3, -0.25) is 9.78 Å². The Morgan fingerprint density at radius 2 is 1.95 bits per heavy atom. The van der Waals surface area contributed by atoms with E-state index >= 15 is 0 Å². The second-order valence-electron chi connectivity index (χ2n) is 5.90. The molecule has 20 heavy (non-hydrogen) atoms. The molecule has 0 radical (unpaired) electrons. The van der Waals surface area contributed by atoms with Crippen LogP contribution in [0.4, 0.5) is 11.4 Å². The molecule has 4 heteroatoms. The fourth-order valence-electron chi connectivity index (χ4n) is 3.54. The van der Waals surface area contributed by atoms with Gasteiger partial charge in [-0.1, -0.05) is 31.0 Å². The highest BCUT2D eigenvalue weighted by atomic mass is 16.1. The van der Waals surface area contributed by atoms with Gasteiger partial charge in [0, 0.05) is 17.3 Å². The van der Waals surface area contributed by atoms with Crippen LogP contribution in [0.15, 0.2) is 30.5 Å². The average molecular weight is 267 g/mol. The molecule has 2 aliphatic rings. The monoisotopic (exact) mass is 267 g/mol. The van der Waals surface area contributed by atoms with E-state index in [2.05, 4.69) is 21.7 Å². The van der Waals surface area contributed by atoms with Crippen molar-refractivity contribution in [3.63, 3.8) is 0 Å². The lowest BCUT2D eigenvalue weighted by atomic mass is 9.92. The summed E-state index contributed by atoms with van der Waals surface area (Å²) in [5, 5.41) is 7.77. The fourth-order valence-corrected chi connectivity index (χ4v) is 3.54. The highest BCUT2D eigenvalue weighted by molar-refractivity contribution is 6.05. The lowest BCUT2D eigenvalue weighted by Crippen LogP contribution is -2.36. The molecule has 2 aromatic rings. The van der Waals surface area contributed by atoms with Crippen molar-refractivity contribution >= 4 is 28.2 Å². The van der Waals surface area contributed by atoms with Gasteiger partial charge in [-0.25, -0.2) is 0 Å². The number of anilines is 2. The Labute approximate surface area is 117 Å². The lowest BCUT2D eigenvalue weighted by Gasteiger charge is -2.29. The third kappa shape index (κ3) is 1.75. The first-order valence-corrected chi connectivity index (χ1v) is 7.22. The van der Waals surface area contributed by atoms with Crippen molar-refractivity contribution in [2.45, 2.75) is 37.6 Å². The number of amides is 1. The minimum Gasteiger partial charge on any atom is -0.377 e. The maximum absolute atomic E-state index is 12.2. The largest absolute Gasteiger partial charge is 0.377 e. The van der Waals surface area contributed by atoms with Gasteiger partial charge in [0.15, 0.2) is 0 Å². The second kappa shape index (κ2) is 4.20. The maximum Gasteiger partial charge on any atom is 0.226 e. The van der Waals surface area contributed by atoms with E-state index in [9.17, 15) is 4.79 Å². The number of nitrogens with one attached hydrogen (secondary N) is 2. The van der Waals surface area contributed by atoms with Crippen LogP contribution in [0.25, 0.3) is 10.9 Å². The molecule has 1 saturated carbocycles. The third-order valence-corrected chi connectivity index (χ3v) is 4.50. The molecular formula is C16H17N3O. The summed E-state index contributed by atoms with van der Waals surface area (Å²) in [5.74, 6) is 0.0928. The molecule has 102 valence electrons. The zero-order chi connectivity index (χ0) is 13.6. The Bertz CT molecular complexity index is 689. The Morgan fingerprint density at radius 3 is 2.80 bits per heavy atom. The molecule has 0 atom stereocenters. The van der Waals surface area contributed by atoms with Crippen molar-refractivity contribution in [2.75, 3.05) is 10.6 Å². The zero-order valence-corrected chi connectivity index (χ0v) is 11.3. The number of fused-ring (bicyclic) bond motifs is 3. The van der Waals surface area contributed by atoms with Crippen molar-refractivity contribution in [1.82, 2.24) is 4.98 Å². The number of pyridine rings is 1. The first kappa shape index (κ1) is 11.7. The number of aromatic nitrogens is 1. The fraction of sp³-hybridized carbons (Fsp3) is 0.375. The summed E-state index contributed by atoms with van der Waals surface area (Å²) in [6.45, 7) is 0. The Morgan fingerprint density at radius 1 is 1.15 bits per heavy atom. The van der Waals surface area contributed by atoms with Crippen LogP contribution in [-0.2, 0) is 4.79 Å². The van der Waals surface area contributed by atoms with E-state index in [1.165, 1.54) is 12.8 Å². The smallest absolute Gasteiger partial charge is 0.226 e. The normalized spacial score (nSPS) is 20.3. The quantitative estimate of drug-likeness (QED) is 0.770. The van der Waals surface area contributed by atoms with Gasteiger partial charge in [-0.15, -0.1) is 0 Å². The molecule has 1 aliphatic heterocycles. The first-order chi connectivity index (χ1) is 9.76. The van der Waals surface area contributed by atoms with Crippen LogP contribution in [0.1, 0.15) is 32.1 Å². The Hall–Kier alpha value is -2.10. The number of hydrogen-bond donors (Lipinski definition) is 2. The van der Waals surface area contributed by atoms with E-state index < -0.39 is 0 Å². The number of nitrogens with zero attached hydrogens (tertiary/aromatic N) is 1. The molecule has 0 saturated heterocycles. The van der Waals surface area contributed by atoms with Crippen LogP contribution in [0.5, 0.6) is 0 Å². The van der Waals surface area contributed by atoms with Crippen LogP contribution in [0.2, 0.25) is 0 Å². The van der Waals surface area contributed by atoms with Crippen LogP contribution >= 0.6 is 0 Å². The molecule has 1 spiro atoms. The molecule has 1 aromatic heterocycles. The number of hydrogen-bond acceptors (Lipinski definition) is 3. The molecule has 2 N–H and O–H groups in total. The molecule has 4 nitrogen and oxygen atoms in total. The molecule has 4 rings (SSSR count). The van der Waals surface area contributed by atoms with Gasteiger partial charge in [0.05, 0.1) is 23.1 Å². The zero-order valence-electron chi connectivity index (χ0n) is 11.3. The van der Waals surface area contributed by atoms with E-state index in [0.717, 1.165) is 35.1 Å². The number of benzene rings is 1. The summed E-state index contributed by atoms with van der Waals surface area (Å²) in [5.41, 5.74) is 2.73. The van der Waals surface area contributed by atoms with E-state index in [1.54, 1.807) is 6.20 Å². The van der Waals surface area contributed by atoms with E-state index in [0.29, 0.717) is 6.42 Å². The van der Waals surface area contributed by atoms with Crippen LogP contribution in [0.3, 0.4) is 0 Å². The van der Waals surface area contributed by atoms with E-state index in [-0.39, 0.29) is 11.4 Å². The van der Waals surface area contributed by atoms with Crippen molar-refractivity contribution in [3.8, 4) is 0 Å². The number of para-hydroxylation sites is 1. The van der Waals surface area contributed by atoms with Crippen molar-refractivity contribution < 1.29 is 4.79 Å². The highest BCUT2D eigenvalue weighted by Crippen LogP contribution is 2.42. The highest BCUT2D eigenvalue weighted by Gasteiger charge is 2.38. The van der Waals surface area contributed by atoms with Gasteiger partial charge < -0.3 is 10.6 Å². The lowest BCUT2D eigenvalue weighted by molar-refractivity contribution is -0.117. The topological polar surface area (TPSA) is 54.0 Å². The predicted molar refractivity (Wildman–Crippen MR) is 79.8 cm³/mol. The first-order valence-electron chi connectivity index (χ1n) is 7.22. The summed E-state index contributed by atoms with van der Waals surface area (Å²) in [7, 11) is 0. The summed E-state index contributed by atoms with van der Waals surface area (Å²) in [6.07, 6.45) is 6.83. The molecule has 1 amide bonds. The van der Waals surface area contributed by atoms with Crippen molar-refractivity contribution in [1.29, 1.82) is 0 Å². The van der Waals surface area contributed by atoms with Crippen LogP contribution in [0, 0.1) is 0 Å². The van der Waals surface area contributed by atoms with Gasteiger partial charge in [0.25, 0.3) is 0 Å². The molecule has 0 bridgehead atoms. The van der Waals surface area contributed by atoms with Crippen molar-refractivity contribution in [3.05, 3.63) is 30.5 Å². The minimum absolute atomic E-state index is 0.0700. The molecule has 1 aromatic carbocycles. The standard InChI is InChI=1S/C16H17N3O/c20-14-9-16(7-3-4-8-16)19-15-11-5-1-2-6-12(11)17-10-13(15)18-14/h1-2,5-6,10,19H,3-4,7-9H2,(H,18,20). The Kier molecular flexibility index (Phi) is 2.46. The average Bonchev–Trinajstić information content (AvgIpc) is 2.83. The van der Waals surface area contributed by atoms with Gasteiger partial charge in [-0.2, -0.15) is 0 Å². The minimum atomic E-state index is -0.0700. The van der Waals surface area contributed by atoms with E-state index in [1.807, 2.05) is 18.2 Å². The number of rotatable bonds is 0. The predicted octanol–water partition coefficient (Wildman–Crippen LogP) is 3.30.